The first-order valence-electron chi connectivity index (χ1n) is 8.71. The van der Waals surface area contributed by atoms with Gasteiger partial charge in [0.15, 0.2) is 5.17 Å². The fraction of sp³-hybridized carbons (Fsp3) is 0.350. The Balaban J connectivity index is 2.21. The molecule has 1 amide bonds. The maximum Gasteiger partial charge on any atom is 0.412 e. The number of alkyl halides is 3. The van der Waals surface area contributed by atoms with Gasteiger partial charge >= 0.3 is 6.18 Å². The second-order valence-electron chi connectivity index (χ2n) is 6.47. The van der Waals surface area contributed by atoms with E-state index in [4.69, 9.17) is 4.42 Å². The van der Waals surface area contributed by atoms with E-state index in [1.165, 1.54) is 13.0 Å². The summed E-state index contributed by atoms with van der Waals surface area (Å²) < 4.78 is 44.5. The number of aryl methyl sites for hydroxylation is 1. The van der Waals surface area contributed by atoms with E-state index in [1.807, 2.05) is 0 Å². The van der Waals surface area contributed by atoms with E-state index in [0.717, 1.165) is 17.8 Å². The number of nitrogens with zero attached hydrogens (tertiary/aromatic N) is 1. The van der Waals surface area contributed by atoms with Crippen LogP contribution >= 0.6 is 11.8 Å². The number of amidine groups is 1. The number of ketones is 1. The van der Waals surface area contributed by atoms with Crippen LogP contribution in [0.15, 0.2) is 45.5 Å². The molecule has 1 N–H and O–H groups in total. The largest absolute Gasteiger partial charge is 0.461 e. The van der Waals surface area contributed by atoms with Crippen LogP contribution in [0.1, 0.15) is 48.1 Å². The van der Waals surface area contributed by atoms with Crippen molar-refractivity contribution in [3.05, 3.63) is 53.2 Å². The summed E-state index contributed by atoms with van der Waals surface area (Å²) in [6.07, 6.45) is 0.217. The van der Waals surface area contributed by atoms with Crippen LogP contribution in [-0.4, -0.2) is 29.3 Å². The number of amides is 1. The number of carbonyl (C=O) groups excluding carboxylic acids is 2. The van der Waals surface area contributed by atoms with Crippen molar-refractivity contribution < 1.29 is 27.2 Å². The Morgan fingerprint density at radius 1 is 1.38 bits per heavy atom. The van der Waals surface area contributed by atoms with Gasteiger partial charge in [-0.15, -0.1) is 0 Å². The summed E-state index contributed by atoms with van der Waals surface area (Å²) >= 11 is 1.16. The molecule has 5 nitrogen and oxygen atoms in total. The predicted molar refractivity (Wildman–Crippen MR) is 108 cm³/mol. The Hall–Kier alpha value is -2.55. The summed E-state index contributed by atoms with van der Waals surface area (Å²) in [7, 11) is 0. The highest BCUT2D eigenvalue weighted by atomic mass is 32.2. The van der Waals surface area contributed by atoms with E-state index in [-0.39, 0.29) is 47.3 Å². The fourth-order valence-electron chi connectivity index (χ4n) is 2.71. The molecule has 0 unspecified atom stereocenters. The van der Waals surface area contributed by atoms with Crippen LogP contribution in [0.3, 0.4) is 0 Å². The molecular formula is C20H21F3N2O3S. The predicted octanol–water partition coefficient (Wildman–Crippen LogP) is 5.20. The smallest absolute Gasteiger partial charge is 0.412 e. The standard InChI is InChI=1S/C20H21F3N2O3S/c1-11(8-12(2)26)24-19(29-4)25-18(27)16-10-17(28-13(16)3)14-6-5-7-15(9-14)20(21,22)23/h6,9-10H,1,5,7-8H2,2-4H3,(H,24,25,27). The molecule has 0 atom stereocenters. The molecule has 9 heteroatoms. The highest BCUT2D eigenvalue weighted by Gasteiger charge is 2.34. The Kier molecular flexibility index (Phi) is 7.29. The van der Waals surface area contributed by atoms with Gasteiger partial charge in [0, 0.05) is 23.3 Å². The molecule has 0 spiro atoms. The van der Waals surface area contributed by atoms with Crippen LogP contribution in [0, 0.1) is 6.92 Å². The van der Waals surface area contributed by atoms with Crippen LogP contribution in [0.25, 0.3) is 5.57 Å². The lowest BCUT2D eigenvalue weighted by Crippen LogP contribution is -2.28. The minimum absolute atomic E-state index is 0.0663. The van der Waals surface area contributed by atoms with E-state index < -0.39 is 17.7 Å². The average Bonchev–Trinajstić information content (AvgIpc) is 3.01. The number of nitrogens with one attached hydrogen (secondary N) is 1. The minimum Gasteiger partial charge on any atom is -0.461 e. The third kappa shape index (κ3) is 6.22. The fourth-order valence-corrected chi connectivity index (χ4v) is 3.12. The van der Waals surface area contributed by atoms with Crippen LogP contribution < -0.4 is 5.32 Å². The van der Waals surface area contributed by atoms with Gasteiger partial charge in [-0.1, -0.05) is 24.4 Å². The minimum atomic E-state index is -4.40. The lowest BCUT2D eigenvalue weighted by atomic mass is 9.97. The van der Waals surface area contributed by atoms with Gasteiger partial charge in [-0.3, -0.25) is 9.59 Å². The number of Topliss-reactive ketones (excluding diaryl/α,β-unsaturated/α-hetero) is 1. The zero-order valence-corrected chi connectivity index (χ0v) is 17.1. The highest BCUT2D eigenvalue weighted by Crippen LogP contribution is 2.36. The summed E-state index contributed by atoms with van der Waals surface area (Å²) in [6, 6.07) is 1.41. The van der Waals surface area contributed by atoms with Crippen LogP contribution in [0.2, 0.25) is 0 Å². The summed E-state index contributed by atoms with van der Waals surface area (Å²) in [5.41, 5.74) is 0.159. The van der Waals surface area contributed by atoms with Crippen molar-refractivity contribution in [3.8, 4) is 0 Å². The monoisotopic (exact) mass is 426 g/mol. The molecule has 2 rings (SSSR count). The van der Waals surface area contributed by atoms with Gasteiger partial charge in [0.1, 0.15) is 17.3 Å². The molecule has 0 saturated carbocycles. The number of furan rings is 1. The Labute approximate surface area is 170 Å². The molecule has 1 heterocycles. The van der Waals surface area contributed by atoms with Crippen molar-refractivity contribution in [3.63, 3.8) is 0 Å². The van der Waals surface area contributed by atoms with Crippen molar-refractivity contribution in [2.45, 2.75) is 39.3 Å². The van der Waals surface area contributed by atoms with Crippen molar-refractivity contribution in [1.82, 2.24) is 5.32 Å². The van der Waals surface area contributed by atoms with Gasteiger partial charge < -0.3 is 9.73 Å². The molecule has 0 aromatic carbocycles. The number of carbonyl (C=O) groups is 2. The van der Waals surface area contributed by atoms with Gasteiger partial charge in [0.05, 0.1) is 5.56 Å². The number of hydrogen-bond acceptors (Lipinski definition) is 5. The van der Waals surface area contributed by atoms with Crippen LogP contribution in [0.4, 0.5) is 13.2 Å². The van der Waals surface area contributed by atoms with E-state index in [1.54, 1.807) is 19.3 Å². The second-order valence-corrected chi connectivity index (χ2v) is 7.26. The average molecular weight is 426 g/mol. The maximum atomic E-state index is 13.0. The molecule has 0 aliphatic heterocycles. The third-order valence-corrected chi connectivity index (χ3v) is 4.63. The van der Waals surface area contributed by atoms with Gasteiger partial charge in [-0.05, 0) is 45.1 Å². The molecule has 1 aliphatic carbocycles. The zero-order valence-electron chi connectivity index (χ0n) is 16.3. The lowest BCUT2D eigenvalue weighted by molar-refractivity contribution is -0.116. The van der Waals surface area contributed by atoms with Crippen LogP contribution in [-0.2, 0) is 4.79 Å². The molecule has 156 valence electrons. The Bertz CT molecular complexity index is 924. The number of hydrogen-bond donors (Lipinski definition) is 1. The second kappa shape index (κ2) is 9.30. The third-order valence-electron chi connectivity index (χ3n) is 4.05. The van der Waals surface area contributed by atoms with Gasteiger partial charge in [0.25, 0.3) is 5.91 Å². The number of allylic oxidation sites excluding steroid dienone is 5. The topological polar surface area (TPSA) is 71.7 Å². The maximum absolute atomic E-state index is 13.0. The molecular weight excluding hydrogens is 405 g/mol. The van der Waals surface area contributed by atoms with Crippen molar-refractivity contribution in [2.24, 2.45) is 4.99 Å². The van der Waals surface area contributed by atoms with E-state index in [2.05, 4.69) is 16.9 Å². The molecule has 0 fully saturated rings. The molecule has 29 heavy (non-hydrogen) atoms. The Morgan fingerprint density at radius 3 is 2.66 bits per heavy atom. The highest BCUT2D eigenvalue weighted by molar-refractivity contribution is 8.13. The summed E-state index contributed by atoms with van der Waals surface area (Å²) in [6.45, 7) is 6.64. The summed E-state index contributed by atoms with van der Waals surface area (Å²) in [5.74, 6) is -0.155. The molecule has 1 aliphatic rings. The number of thioether (sulfide) groups is 1. The van der Waals surface area contributed by atoms with Gasteiger partial charge in [-0.25, -0.2) is 4.99 Å². The lowest BCUT2D eigenvalue weighted by Gasteiger charge is -2.15. The molecule has 0 bridgehead atoms. The van der Waals surface area contributed by atoms with E-state index >= 15 is 0 Å². The molecule has 0 radical (unpaired) electrons. The zero-order chi connectivity index (χ0) is 21.8. The normalized spacial score (nSPS) is 14.9. The Morgan fingerprint density at radius 2 is 2.07 bits per heavy atom. The first-order valence-corrected chi connectivity index (χ1v) is 9.93. The summed E-state index contributed by atoms with van der Waals surface area (Å²) in [5, 5.41) is 2.85. The quantitative estimate of drug-likeness (QED) is 0.519. The van der Waals surface area contributed by atoms with Crippen molar-refractivity contribution >= 4 is 34.2 Å². The molecule has 1 aromatic heterocycles. The summed E-state index contributed by atoms with van der Waals surface area (Å²) in [4.78, 5) is 27.8. The molecule has 1 aromatic rings. The van der Waals surface area contributed by atoms with E-state index in [9.17, 15) is 22.8 Å². The number of aliphatic imine (C=N–C) groups is 1. The molecule has 0 saturated heterocycles. The number of rotatable bonds is 5. The number of halogens is 3. The van der Waals surface area contributed by atoms with Crippen molar-refractivity contribution in [1.29, 1.82) is 0 Å². The van der Waals surface area contributed by atoms with Crippen molar-refractivity contribution in [2.75, 3.05) is 6.26 Å². The van der Waals surface area contributed by atoms with Gasteiger partial charge in [-0.2, -0.15) is 13.2 Å². The van der Waals surface area contributed by atoms with Gasteiger partial charge in [0.2, 0.25) is 0 Å². The van der Waals surface area contributed by atoms with E-state index in [0.29, 0.717) is 11.3 Å². The SMILES string of the molecule is C=C(CC(C)=O)/N=C(/NC(=O)c1cc(C2=CCCC(C(F)(F)F)=C2)oc1C)SC. The first kappa shape index (κ1) is 22.7. The van der Waals surface area contributed by atoms with Crippen LogP contribution in [0.5, 0.6) is 0 Å². The first-order chi connectivity index (χ1) is 13.5.